The van der Waals surface area contributed by atoms with Crippen molar-refractivity contribution in [2.45, 2.75) is 38.6 Å². The number of rotatable bonds is 3. The minimum atomic E-state index is -0.501. The molecule has 4 heteroatoms. The number of hydrogen-bond acceptors (Lipinski definition) is 2. The normalized spacial score (nSPS) is 23.1. The van der Waals surface area contributed by atoms with Gasteiger partial charge in [0.15, 0.2) is 0 Å². The van der Waals surface area contributed by atoms with E-state index in [0.29, 0.717) is 0 Å². The van der Waals surface area contributed by atoms with Crippen LogP contribution in [0.4, 0.5) is 4.39 Å². The Morgan fingerprint density at radius 1 is 1.42 bits per heavy atom. The molecule has 3 nitrogen and oxygen atoms in total. The average Bonchev–Trinajstić information content (AvgIpc) is 2.42. The third kappa shape index (κ3) is 3.32. The second-order valence-electron chi connectivity index (χ2n) is 5.29. The van der Waals surface area contributed by atoms with E-state index in [1.165, 1.54) is 6.07 Å². The Balaban J connectivity index is 2.09. The fraction of sp³-hybridized carbons (Fsp3) is 0.533. The maximum absolute atomic E-state index is 13.6. The lowest BCUT2D eigenvalue weighted by atomic mass is 9.85. The zero-order valence-electron chi connectivity index (χ0n) is 11.2. The molecule has 2 N–H and O–H groups in total. The van der Waals surface area contributed by atoms with Crippen LogP contribution in [-0.2, 0) is 0 Å². The topological polar surface area (TPSA) is 49.3 Å². The first-order valence-electron chi connectivity index (χ1n) is 6.79. The summed E-state index contributed by atoms with van der Waals surface area (Å²) in [5.74, 6) is -0.795. The zero-order chi connectivity index (χ0) is 13.8. The number of aryl methyl sites for hydroxylation is 1. The fourth-order valence-electron chi connectivity index (χ4n) is 2.68. The van der Waals surface area contributed by atoms with E-state index in [-0.39, 0.29) is 30.0 Å². The van der Waals surface area contributed by atoms with Crippen LogP contribution < -0.4 is 5.32 Å². The van der Waals surface area contributed by atoms with Crippen molar-refractivity contribution in [3.8, 4) is 0 Å². The molecule has 19 heavy (non-hydrogen) atoms. The first kappa shape index (κ1) is 14.0. The van der Waals surface area contributed by atoms with Gasteiger partial charge >= 0.3 is 0 Å². The van der Waals surface area contributed by atoms with Gasteiger partial charge in [-0.1, -0.05) is 24.5 Å². The van der Waals surface area contributed by atoms with Gasteiger partial charge in [-0.2, -0.15) is 0 Å². The SMILES string of the molecule is Cc1ccc(F)c(C(=O)NC2CCCCC2CO)c1. The number of amides is 1. The standard InChI is InChI=1S/C15H20FNO2/c1-10-6-7-13(16)12(8-10)15(19)17-14-5-3-2-4-11(14)9-18/h6-8,11,14,18H,2-5,9H2,1H3,(H,17,19). The van der Waals surface area contributed by atoms with Gasteiger partial charge in [-0.3, -0.25) is 4.79 Å². The summed E-state index contributed by atoms with van der Waals surface area (Å²) < 4.78 is 13.6. The molecule has 0 radical (unpaired) electrons. The Bertz CT molecular complexity index is 461. The highest BCUT2D eigenvalue weighted by Gasteiger charge is 2.26. The van der Waals surface area contributed by atoms with Crippen LogP contribution in [0, 0.1) is 18.7 Å². The smallest absolute Gasteiger partial charge is 0.254 e. The van der Waals surface area contributed by atoms with Crippen LogP contribution in [-0.4, -0.2) is 23.7 Å². The molecule has 104 valence electrons. The molecule has 0 aromatic heterocycles. The van der Waals surface area contributed by atoms with E-state index >= 15 is 0 Å². The molecular weight excluding hydrogens is 245 g/mol. The van der Waals surface area contributed by atoms with Crippen molar-refractivity contribution in [3.63, 3.8) is 0 Å². The van der Waals surface area contributed by atoms with Gasteiger partial charge in [0, 0.05) is 18.6 Å². The van der Waals surface area contributed by atoms with Crippen LogP contribution in [0.15, 0.2) is 18.2 Å². The fourth-order valence-corrected chi connectivity index (χ4v) is 2.68. The summed E-state index contributed by atoms with van der Waals surface area (Å²) in [5.41, 5.74) is 0.941. The summed E-state index contributed by atoms with van der Waals surface area (Å²) in [7, 11) is 0. The van der Waals surface area contributed by atoms with E-state index in [9.17, 15) is 14.3 Å². The number of hydrogen-bond donors (Lipinski definition) is 2. The third-order valence-corrected chi connectivity index (χ3v) is 3.83. The highest BCUT2D eigenvalue weighted by molar-refractivity contribution is 5.94. The largest absolute Gasteiger partial charge is 0.396 e. The van der Waals surface area contributed by atoms with Gasteiger partial charge < -0.3 is 10.4 Å². The highest BCUT2D eigenvalue weighted by Crippen LogP contribution is 2.24. The molecule has 2 rings (SSSR count). The van der Waals surface area contributed by atoms with Gasteiger partial charge in [0.1, 0.15) is 5.82 Å². The number of benzene rings is 1. The molecule has 1 aromatic rings. The number of aliphatic hydroxyl groups is 1. The molecule has 0 spiro atoms. The third-order valence-electron chi connectivity index (χ3n) is 3.83. The van der Waals surface area contributed by atoms with E-state index in [4.69, 9.17) is 0 Å². The van der Waals surface area contributed by atoms with Gasteiger partial charge in [0.2, 0.25) is 0 Å². The number of carbonyl (C=O) groups is 1. The minimum absolute atomic E-state index is 0.0498. The zero-order valence-corrected chi connectivity index (χ0v) is 11.2. The van der Waals surface area contributed by atoms with Crippen LogP contribution in [0.2, 0.25) is 0 Å². The number of carbonyl (C=O) groups excluding carboxylic acids is 1. The van der Waals surface area contributed by atoms with E-state index in [1.54, 1.807) is 12.1 Å². The van der Waals surface area contributed by atoms with Crippen molar-refractivity contribution in [2.75, 3.05) is 6.61 Å². The Morgan fingerprint density at radius 2 is 2.16 bits per heavy atom. The van der Waals surface area contributed by atoms with Gasteiger partial charge in [0.25, 0.3) is 5.91 Å². The summed E-state index contributed by atoms with van der Waals surface area (Å²) in [6.45, 7) is 1.90. The maximum atomic E-state index is 13.6. The lowest BCUT2D eigenvalue weighted by Crippen LogP contribution is -2.43. The second-order valence-corrected chi connectivity index (χ2v) is 5.29. The van der Waals surface area contributed by atoms with Crippen LogP contribution in [0.1, 0.15) is 41.6 Å². The molecule has 1 fully saturated rings. The summed E-state index contributed by atoms with van der Waals surface area (Å²) in [5, 5.41) is 12.2. The molecule has 1 aromatic carbocycles. The van der Waals surface area contributed by atoms with Crippen LogP contribution >= 0.6 is 0 Å². The Morgan fingerprint density at radius 3 is 2.89 bits per heavy atom. The lowest BCUT2D eigenvalue weighted by molar-refractivity contribution is 0.0868. The first-order chi connectivity index (χ1) is 9.11. The molecule has 0 aliphatic heterocycles. The molecule has 0 heterocycles. The van der Waals surface area contributed by atoms with Crippen LogP contribution in [0.5, 0.6) is 0 Å². The molecular formula is C15H20FNO2. The van der Waals surface area contributed by atoms with Crippen molar-refractivity contribution >= 4 is 5.91 Å². The summed E-state index contributed by atoms with van der Waals surface area (Å²) >= 11 is 0. The van der Waals surface area contributed by atoms with E-state index in [2.05, 4.69) is 5.32 Å². The number of halogens is 1. The van der Waals surface area contributed by atoms with Crippen molar-refractivity contribution in [3.05, 3.63) is 35.1 Å². The Labute approximate surface area is 112 Å². The molecule has 1 saturated carbocycles. The van der Waals surface area contributed by atoms with Crippen molar-refractivity contribution in [1.29, 1.82) is 0 Å². The highest BCUT2D eigenvalue weighted by atomic mass is 19.1. The van der Waals surface area contributed by atoms with Crippen molar-refractivity contribution in [2.24, 2.45) is 5.92 Å². The quantitative estimate of drug-likeness (QED) is 0.881. The van der Waals surface area contributed by atoms with Gasteiger partial charge in [-0.25, -0.2) is 4.39 Å². The van der Waals surface area contributed by atoms with Crippen LogP contribution in [0.25, 0.3) is 0 Å². The summed E-state index contributed by atoms with van der Waals surface area (Å²) in [6, 6.07) is 4.46. The van der Waals surface area contributed by atoms with Crippen LogP contribution in [0.3, 0.4) is 0 Å². The molecule has 2 unspecified atom stereocenters. The first-order valence-corrected chi connectivity index (χ1v) is 6.79. The summed E-state index contributed by atoms with van der Waals surface area (Å²) in [4.78, 5) is 12.1. The van der Waals surface area contributed by atoms with Gasteiger partial charge in [-0.15, -0.1) is 0 Å². The number of aliphatic hydroxyl groups excluding tert-OH is 1. The predicted molar refractivity (Wildman–Crippen MR) is 71.4 cm³/mol. The van der Waals surface area contributed by atoms with E-state index < -0.39 is 5.82 Å². The van der Waals surface area contributed by atoms with Crippen molar-refractivity contribution in [1.82, 2.24) is 5.32 Å². The Kier molecular flexibility index (Phi) is 4.53. The monoisotopic (exact) mass is 265 g/mol. The molecule has 0 saturated heterocycles. The van der Waals surface area contributed by atoms with E-state index in [0.717, 1.165) is 31.2 Å². The molecule has 1 aliphatic carbocycles. The second kappa shape index (κ2) is 6.15. The minimum Gasteiger partial charge on any atom is -0.396 e. The predicted octanol–water partition coefficient (Wildman–Crippen LogP) is 2.42. The van der Waals surface area contributed by atoms with Gasteiger partial charge in [0.05, 0.1) is 5.56 Å². The number of nitrogens with one attached hydrogen (secondary N) is 1. The molecule has 1 aliphatic rings. The van der Waals surface area contributed by atoms with Crippen molar-refractivity contribution < 1.29 is 14.3 Å². The van der Waals surface area contributed by atoms with Gasteiger partial charge in [-0.05, 0) is 31.9 Å². The van der Waals surface area contributed by atoms with E-state index in [1.807, 2.05) is 6.92 Å². The molecule has 0 bridgehead atoms. The maximum Gasteiger partial charge on any atom is 0.254 e. The Hall–Kier alpha value is -1.42. The lowest BCUT2D eigenvalue weighted by Gasteiger charge is -2.30. The molecule has 2 atom stereocenters. The summed E-state index contributed by atoms with van der Waals surface area (Å²) in [6.07, 6.45) is 3.89. The molecule has 1 amide bonds. The average molecular weight is 265 g/mol.